The third-order valence-electron chi connectivity index (χ3n) is 10.1. The number of anilines is 1. The van der Waals surface area contributed by atoms with Gasteiger partial charge in [0.15, 0.2) is 0 Å². The molecule has 4 nitrogen and oxygen atoms in total. The van der Waals surface area contributed by atoms with Gasteiger partial charge in [-0.05, 0) is 87.8 Å². The van der Waals surface area contributed by atoms with Gasteiger partial charge in [-0.15, -0.1) is 0 Å². The second-order valence-corrected chi connectivity index (χ2v) is 18.1. The van der Waals surface area contributed by atoms with Gasteiger partial charge < -0.3 is 22.2 Å². The summed E-state index contributed by atoms with van der Waals surface area (Å²) >= 11 is 0. The Morgan fingerprint density at radius 2 is 1.06 bits per heavy atom. The second kappa shape index (κ2) is 14.6. The molecule has 50 heavy (non-hydrogen) atoms. The Balaban J connectivity index is 0.00000126. The fourth-order valence-electron chi connectivity index (χ4n) is 8.62. The van der Waals surface area contributed by atoms with E-state index in [1.165, 1.54) is 33.6 Å². The van der Waals surface area contributed by atoms with Crippen LogP contribution >= 0.6 is 0 Å². The Morgan fingerprint density at radius 1 is 0.660 bits per heavy atom. The summed E-state index contributed by atoms with van der Waals surface area (Å²) in [5, 5.41) is 0. The molecule has 0 bridgehead atoms. The smallest absolute Gasteiger partial charge is 0.418 e. The van der Waals surface area contributed by atoms with E-state index in [-0.39, 0.29) is 21.9 Å². The number of nitrogens with zero attached hydrogens (tertiary/aromatic N) is 4. The van der Waals surface area contributed by atoms with Gasteiger partial charge in [-0.2, -0.15) is 4.99 Å². The highest BCUT2D eigenvalue weighted by atomic mass is 19.5. The molecule has 0 atom stereocenters. The lowest BCUT2D eigenvalue weighted by Crippen LogP contribution is -2.43. The van der Waals surface area contributed by atoms with Gasteiger partial charge in [-0.3, -0.25) is 0 Å². The third kappa shape index (κ3) is 8.90. The standard InChI is InChI=1S/C41H63N4.BF4/c1-26(2)30-19-17-20-31(27(3)4)34(30)44-36(38(9,10)23-40(44,13)14)42-25-43-37-39(11,12)24-41(15,16)45(37)35-32(28(5)6)21-18-22-33(35)29(7)8;2-1(3,4)5/h17-22,25-29H,23-24H2,1-16H3;/q+1;-1. The van der Waals surface area contributed by atoms with Gasteiger partial charge in [0, 0.05) is 34.2 Å². The number of hydrogen-bond donors (Lipinski definition) is 0. The molecule has 0 N–H and O–H groups in total. The summed E-state index contributed by atoms with van der Waals surface area (Å²) in [4.78, 5) is 13.3. The molecule has 0 radical (unpaired) electrons. The van der Waals surface area contributed by atoms with Crippen LogP contribution < -0.4 is 4.90 Å². The van der Waals surface area contributed by atoms with Crippen LogP contribution in [0.25, 0.3) is 0 Å². The molecule has 0 saturated carbocycles. The van der Waals surface area contributed by atoms with Crippen LogP contribution in [0.1, 0.15) is 170 Å². The van der Waals surface area contributed by atoms with Gasteiger partial charge in [0.05, 0.1) is 5.41 Å². The number of halogens is 4. The van der Waals surface area contributed by atoms with Crippen LogP contribution in [0.4, 0.5) is 28.6 Å². The summed E-state index contributed by atoms with van der Waals surface area (Å²) in [6.45, 7) is 37.4. The first-order valence-electron chi connectivity index (χ1n) is 18.4. The van der Waals surface area contributed by atoms with E-state index in [0.717, 1.165) is 24.5 Å². The molecule has 0 aliphatic carbocycles. The van der Waals surface area contributed by atoms with Crippen molar-refractivity contribution in [3.8, 4) is 0 Å². The molecule has 278 valence electrons. The van der Waals surface area contributed by atoms with E-state index in [4.69, 9.17) is 9.98 Å². The minimum absolute atomic E-state index is 0.0824. The summed E-state index contributed by atoms with van der Waals surface area (Å²) in [7, 11) is -6.00. The summed E-state index contributed by atoms with van der Waals surface area (Å²) in [5.41, 5.74) is 7.88. The number of aliphatic imine (C=N–C) groups is 2. The number of hydrogen-bond acceptors (Lipinski definition) is 1. The van der Waals surface area contributed by atoms with Gasteiger partial charge in [-0.1, -0.05) is 106 Å². The molecular formula is C41H63BF4N4. The van der Waals surface area contributed by atoms with Crippen molar-refractivity contribution < 1.29 is 21.8 Å². The fourth-order valence-corrected chi connectivity index (χ4v) is 8.62. The van der Waals surface area contributed by atoms with E-state index in [1.807, 2.05) is 6.34 Å². The Labute approximate surface area is 300 Å². The predicted molar refractivity (Wildman–Crippen MR) is 208 cm³/mol. The minimum Gasteiger partial charge on any atom is -0.418 e. The van der Waals surface area contributed by atoms with Crippen LogP contribution in [-0.2, 0) is 0 Å². The molecular weight excluding hydrogens is 635 g/mol. The lowest BCUT2D eigenvalue weighted by Gasteiger charge is -2.38. The SMILES string of the molecule is CC(C)c1cccc(C(C)C)c1N1C(=NC=NC2=[N+](c3c(C(C)C)cccc3C(C)C)C(C)(C)CC2(C)C)C(C)(C)CC1(C)C.F[B-](F)(F)F. The van der Waals surface area contributed by atoms with Crippen LogP contribution in [-0.4, -0.2) is 40.9 Å². The molecule has 2 heterocycles. The van der Waals surface area contributed by atoms with Gasteiger partial charge >= 0.3 is 13.1 Å². The van der Waals surface area contributed by atoms with Crippen LogP contribution in [0.15, 0.2) is 46.4 Å². The summed E-state index contributed by atoms with van der Waals surface area (Å²) in [5.74, 6) is 3.87. The van der Waals surface area contributed by atoms with E-state index in [0.29, 0.717) is 23.7 Å². The highest BCUT2D eigenvalue weighted by molar-refractivity contribution is 6.50. The summed E-state index contributed by atoms with van der Waals surface area (Å²) in [6.07, 6.45) is 3.94. The maximum absolute atomic E-state index is 9.75. The Bertz CT molecular complexity index is 1570. The normalized spacial score (nSPS) is 20.6. The topological polar surface area (TPSA) is 31.0 Å². The predicted octanol–water partition coefficient (Wildman–Crippen LogP) is 12.9. The monoisotopic (exact) mass is 699 g/mol. The minimum atomic E-state index is -6.00. The lowest BCUT2D eigenvalue weighted by atomic mass is 9.83. The van der Waals surface area contributed by atoms with Gasteiger partial charge in [0.2, 0.25) is 6.34 Å². The number of para-hydroxylation sites is 2. The van der Waals surface area contributed by atoms with Crippen molar-refractivity contribution in [1.29, 1.82) is 0 Å². The average Bonchev–Trinajstić information content (AvgIpc) is 3.23. The Morgan fingerprint density at radius 3 is 1.46 bits per heavy atom. The fraction of sp³-hybridized carbons (Fsp3) is 0.634. The van der Waals surface area contributed by atoms with E-state index < -0.39 is 7.25 Å². The van der Waals surface area contributed by atoms with Crippen LogP contribution in [0.5, 0.6) is 0 Å². The van der Waals surface area contributed by atoms with Crippen molar-refractivity contribution in [3.05, 3.63) is 58.7 Å². The molecule has 1 fully saturated rings. The van der Waals surface area contributed by atoms with Gasteiger partial charge in [-0.25, -0.2) is 4.58 Å². The Hall–Kier alpha value is -2.97. The maximum atomic E-state index is 9.75. The maximum Gasteiger partial charge on any atom is 0.673 e. The molecule has 1 saturated heterocycles. The van der Waals surface area contributed by atoms with Crippen LogP contribution in [0.3, 0.4) is 0 Å². The molecule has 4 rings (SSSR count). The lowest BCUT2D eigenvalue weighted by molar-refractivity contribution is -0.517. The van der Waals surface area contributed by atoms with Crippen molar-refractivity contribution in [2.24, 2.45) is 20.8 Å². The second-order valence-electron chi connectivity index (χ2n) is 18.1. The molecule has 2 aromatic rings. The molecule has 0 aromatic heterocycles. The van der Waals surface area contributed by atoms with Crippen molar-refractivity contribution in [2.75, 3.05) is 4.90 Å². The van der Waals surface area contributed by atoms with E-state index in [1.54, 1.807) is 0 Å². The third-order valence-corrected chi connectivity index (χ3v) is 10.1. The highest BCUT2D eigenvalue weighted by Gasteiger charge is 2.53. The largest absolute Gasteiger partial charge is 0.673 e. The molecule has 2 aromatic carbocycles. The van der Waals surface area contributed by atoms with Crippen LogP contribution in [0, 0.1) is 10.8 Å². The zero-order valence-electron chi connectivity index (χ0n) is 33.6. The molecule has 9 heteroatoms. The van der Waals surface area contributed by atoms with Crippen molar-refractivity contribution in [3.63, 3.8) is 0 Å². The first-order chi connectivity index (χ1) is 22.6. The van der Waals surface area contributed by atoms with Crippen LogP contribution in [0.2, 0.25) is 0 Å². The zero-order chi connectivity index (χ0) is 38.4. The van der Waals surface area contributed by atoms with E-state index in [9.17, 15) is 17.3 Å². The first-order valence-corrected chi connectivity index (χ1v) is 18.4. The molecule has 0 unspecified atom stereocenters. The highest BCUT2D eigenvalue weighted by Crippen LogP contribution is 2.50. The van der Waals surface area contributed by atoms with Gasteiger partial charge in [0.1, 0.15) is 17.1 Å². The number of rotatable bonds is 7. The average molecular weight is 699 g/mol. The quantitative estimate of drug-likeness (QED) is 0.0931. The Kier molecular flexibility index (Phi) is 12.1. The van der Waals surface area contributed by atoms with E-state index in [2.05, 4.69) is 157 Å². The molecule has 2 aliphatic rings. The zero-order valence-corrected chi connectivity index (χ0v) is 33.6. The molecule has 0 amide bonds. The molecule has 0 spiro atoms. The molecule has 2 aliphatic heterocycles. The van der Waals surface area contributed by atoms with E-state index >= 15 is 0 Å². The van der Waals surface area contributed by atoms with Gasteiger partial charge in [0.25, 0.3) is 0 Å². The first kappa shape index (κ1) is 41.5. The van der Waals surface area contributed by atoms with Crippen molar-refractivity contribution >= 4 is 36.6 Å². The number of benzene rings is 2. The summed E-state index contributed by atoms with van der Waals surface area (Å²) in [6, 6.07) is 13.7. The van der Waals surface area contributed by atoms with Crippen molar-refractivity contribution in [1.82, 2.24) is 0 Å². The number of amidine groups is 2. The summed E-state index contributed by atoms with van der Waals surface area (Å²) < 4.78 is 41.6. The van der Waals surface area contributed by atoms with Crippen molar-refractivity contribution in [2.45, 2.75) is 158 Å².